The number of phenolic OH excluding ortho intramolecular Hbond substituents is 1. The number of carbonyl (C=O) groups is 3. The lowest BCUT2D eigenvalue weighted by Gasteiger charge is -2.37. The average Bonchev–Trinajstić information content (AvgIpc) is 2.84. The van der Waals surface area contributed by atoms with E-state index in [0.717, 1.165) is 10.8 Å². The molecule has 0 heterocycles. The third-order valence-corrected chi connectivity index (χ3v) is 6.15. The fourth-order valence-electron chi connectivity index (χ4n) is 4.18. The fraction of sp³-hybridized carbons (Fsp3) is 0.367. The number of hydrogen-bond acceptors (Lipinski definition) is 5. The highest BCUT2D eigenvalue weighted by Crippen LogP contribution is 2.30. The van der Waals surface area contributed by atoms with Gasteiger partial charge in [-0.25, -0.2) is 4.79 Å². The van der Waals surface area contributed by atoms with E-state index in [1.54, 1.807) is 39.8 Å². The summed E-state index contributed by atoms with van der Waals surface area (Å²) < 4.78 is 5.31. The second kappa shape index (κ2) is 12.0. The Balaban J connectivity index is 1.98. The van der Waals surface area contributed by atoms with E-state index in [-0.39, 0.29) is 11.8 Å². The number of phenols is 1. The van der Waals surface area contributed by atoms with E-state index in [4.69, 9.17) is 4.74 Å². The summed E-state index contributed by atoms with van der Waals surface area (Å²) in [6.07, 6.45) is -0.166. The fourth-order valence-corrected chi connectivity index (χ4v) is 4.18. The molecule has 3 rings (SSSR count). The van der Waals surface area contributed by atoms with Crippen LogP contribution in [0.25, 0.3) is 10.8 Å². The first-order chi connectivity index (χ1) is 17.9. The van der Waals surface area contributed by atoms with Crippen LogP contribution in [0.3, 0.4) is 0 Å². The number of benzene rings is 3. The molecule has 3 aromatic carbocycles. The molecule has 0 aliphatic carbocycles. The lowest BCUT2D eigenvalue weighted by atomic mass is 9.99. The highest BCUT2D eigenvalue weighted by atomic mass is 16.6. The van der Waals surface area contributed by atoms with E-state index in [1.165, 1.54) is 17.0 Å². The number of nitrogens with zero attached hydrogens (tertiary/aromatic N) is 1. The van der Waals surface area contributed by atoms with Crippen LogP contribution in [0.1, 0.15) is 59.6 Å². The molecule has 8 nitrogen and oxygen atoms in total. The number of anilines is 1. The summed E-state index contributed by atoms with van der Waals surface area (Å²) in [4.78, 5) is 41.5. The van der Waals surface area contributed by atoms with Gasteiger partial charge in [-0.1, -0.05) is 49.4 Å². The topological polar surface area (TPSA) is 108 Å². The van der Waals surface area contributed by atoms with Crippen molar-refractivity contribution in [1.29, 1.82) is 0 Å². The molecule has 0 aromatic heterocycles. The number of hydrogen-bond donors (Lipinski definition) is 3. The zero-order valence-corrected chi connectivity index (χ0v) is 22.8. The summed E-state index contributed by atoms with van der Waals surface area (Å²) >= 11 is 0. The van der Waals surface area contributed by atoms with E-state index in [9.17, 15) is 19.5 Å². The lowest BCUT2D eigenvalue weighted by Crippen LogP contribution is -2.53. The Kier molecular flexibility index (Phi) is 8.99. The van der Waals surface area contributed by atoms with E-state index < -0.39 is 35.6 Å². The molecule has 0 radical (unpaired) electrons. The highest BCUT2D eigenvalue weighted by Gasteiger charge is 2.37. The van der Waals surface area contributed by atoms with Gasteiger partial charge in [-0.15, -0.1) is 0 Å². The number of fused-ring (bicyclic) bond motifs is 1. The molecule has 3 unspecified atom stereocenters. The molecule has 202 valence electrons. The largest absolute Gasteiger partial charge is 0.508 e. The zero-order chi connectivity index (χ0) is 28.0. The molecule has 3 atom stereocenters. The quantitative estimate of drug-likeness (QED) is 0.350. The lowest BCUT2D eigenvalue weighted by molar-refractivity contribution is -0.143. The Labute approximate surface area is 224 Å². The highest BCUT2D eigenvalue weighted by molar-refractivity contribution is 6.00. The molecule has 0 aliphatic rings. The van der Waals surface area contributed by atoms with Gasteiger partial charge in [0.1, 0.15) is 23.4 Å². The maximum absolute atomic E-state index is 13.9. The van der Waals surface area contributed by atoms with Crippen LogP contribution in [0.5, 0.6) is 5.75 Å². The minimum Gasteiger partial charge on any atom is -0.508 e. The summed E-state index contributed by atoms with van der Waals surface area (Å²) in [5, 5.41) is 17.7. The minimum absolute atomic E-state index is 0.0255. The third kappa shape index (κ3) is 7.25. The van der Waals surface area contributed by atoms with Crippen LogP contribution in [0.4, 0.5) is 10.5 Å². The van der Waals surface area contributed by atoms with Crippen LogP contribution in [-0.4, -0.2) is 45.6 Å². The number of carbonyl (C=O) groups excluding carboxylic acids is 3. The molecule has 0 saturated heterocycles. The molecule has 0 bridgehead atoms. The van der Waals surface area contributed by atoms with E-state index in [0.29, 0.717) is 17.7 Å². The van der Waals surface area contributed by atoms with Crippen molar-refractivity contribution in [3.05, 3.63) is 72.3 Å². The van der Waals surface area contributed by atoms with Gasteiger partial charge >= 0.3 is 6.09 Å². The molecule has 3 aromatic rings. The van der Waals surface area contributed by atoms with Crippen molar-refractivity contribution in [3.8, 4) is 5.75 Å². The summed E-state index contributed by atoms with van der Waals surface area (Å²) in [6.45, 7) is 10.5. The van der Waals surface area contributed by atoms with Gasteiger partial charge in [-0.2, -0.15) is 0 Å². The van der Waals surface area contributed by atoms with Gasteiger partial charge in [0.2, 0.25) is 5.91 Å². The maximum Gasteiger partial charge on any atom is 0.408 e. The molecular formula is C30H37N3O5. The van der Waals surface area contributed by atoms with Gasteiger partial charge < -0.3 is 25.4 Å². The van der Waals surface area contributed by atoms with Crippen molar-refractivity contribution in [2.45, 2.75) is 71.7 Å². The van der Waals surface area contributed by atoms with Crippen LogP contribution in [0.15, 0.2) is 66.7 Å². The first-order valence-electron chi connectivity index (χ1n) is 12.8. The van der Waals surface area contributed by atoms with Crippen LogP contribution < -0.4 is 10.6 Å². The molecule has 0 spiro atoms. The summed E-state index contributed by atoms with van der Waals surface area (Å²) in [5.74, 6) is -0.918. The second-order valence-electron chi connectivity index (χ2n) is 10.4. The number of alkyl carbamates (subject to hydrolysis) is 1. The SMILES string of the molecule is CCC(C)N(C(=O)C(C)NC(=O)OC(C)(C)C)C(C(=O)Nc1ccc2ccccc2c1)c1cccc(O)c1. The van der Waals surface area contributed by atoms with E-state index in [2.05, 4.69) is 10.6 Å². The first kappa shape index (κ1) is 28.5. The zero-order valence-electron chi connectivity index (χ0n) is 22.8. The first-order valence-corrected chi connectivity index (χ1v) is 12.8. The third-order valence-electron chi connectivity index (χ3n) is 6.15. The van der Waals surface area contributed by atoms with E-state index >= 15 is 0 Å². The van der Waals surface area contributed by atoms with Gasteiger partial charge in [-0.05, 0) is 81.6 Å². The molecule has 38 heavy (non-hydrogen) atoms. The number of amides is 3. The normalized spacial score (nSPS) is 13.7. The van der Waals surface area contributed by atoms with Crippen molar-refractivity contribution >= 4 is 34.4 Å². The Morgan fingerprint density at radius 2 is 1.63 bits per heavy atom. The molecule has 3 amide bonds. The molecule has 0 fully saturated rings. The predicted molar refractivity (Wildman–Crippen MR) is 149 cm³/mol. The molecule has 0 aliphatic heterocycles. The molecule has 0 saturated carbocycles. The van der Waals surface area contributed by atoms with Gasteiger partial charge in [0.05, 0.1) is 0 Å². The van der Waals surface area contributed by atoms with Gasteiger partial charge in [-0.3, -0.25) is 9.59 Å². The number of nitrogens with one attached hydrogen (secondary N) is 2. The average molecular weight is 520 g/mol. The monoisotopic (exact) mass is 519 g/mol. The smallest absolute Gasteiger partial charge is 0.408 e. The Hall–Kier alpha value is -4.07. The number of rotatable bonds is 8. The van der Waals surface area contributed by atoms with Crippen molar-refractivity contribution in [2.75, 3.05) is 5.32 Å². The number of aromatic hydroxyl groups is 1. The Morgan fingerprint density at radius 3 is 2.26 bits per heavy atom. The van der Waals surface area contributed by atoms with Gasteiger partial charge in [0, 0.05) is 11.7 Å². The standard InChI is InChI=1S/C30H37N3O5/c1-7-19(2)33(28(36)20(3)31-29(37)38-30(4,5)6)26(23-13-10-14-25(34)18-23)27(35)32-24-16-15-21-11-8-9-12-22(21)17-24/h8-20,26,34H,7H2,1-6H3,(H,31,37)(H,32,35). The molecule has 3 N–H and O–H groups in total. The van der Waals surface area contributed by atoms with Crippen molar-refractivity contribution in [2.24, 2.45) is 0 Å². The maximum atomic E-state index is 13.9. The number of ether oxygens (including phenoxy) is 1. The van der Waals surface area contributed by atoms with Crippen molar-refractivity contribution in [1.82, 2.24) is 10.2 Å². The Morgan fingerprint density at radius 1 is 0.947 bits per heavy atom. The van der Waals surface area contributed by atoms with E-state index in [1.807, 2.05) is 56.3 Å². The minimum atomic E-state index is -1.07. The van der Waals surface area contributed by atoms with Crippen LogP contribution >= 0.6 is 0 Å². The van der Waals surface area contributed by atoms with Crippen LogP contribution in [0, 0.1) is 0 Å². The summed E-state index contributed by atoms with van der Waals surface area (Å²) in [7, 11) is 0. The van der Waals surface area contributed by atoms with Crippen LogP contribution in [-0.2, 0) is 14.3 Å². The predicted octanol–water partition coefficient (Wildman–Crippen LogP) is 5.77. The van der Waals surface area contributed by atoms with Gasteiger partial charge in [0.25, 0.3) is 5.91 Å². The Bertz CT molecular complexity index is 1300. The van der Waals surface area contributed by atoms with Gasteiger partial charge in [0.15, 0.2) is 0 Å². The summed E-state index contributed by atoms with van der Waals surface area (Å²) in [6, 6.07) is 17.3. The van der Waals surface area contributed by atoms with Crippen molar-refractivity contribution < 1.29 is 24.2 Å². The second-order valence-corrected chi connectivity index (χ2v) is 10.4. The van der Waals surface area contributed by atoms with Crippen LogP contribution in [0.2, 0.25) is 0 Å². The molecular weight excluding hydrogens is 482 g/mol. The molecule has 8 heteroatoms. The van der Waals surface area contributed by atoms with Crippen molar-refractivity contribution in [3.63, 3.8) is 0 Å². The summed E-state index contributed by atoms with van der Waals surface area (Å²) in [5.41, 5.74) is 0.296.